The SMILES string of the molecule is CC(=O)CCC1C(C)CCCC1(C)C.[H-].[K+]. The van der Waals surface area contributed by atoms with Crippen molar-refractivity contribution in [3.8, 4) is 0 Å². The first kappa shape index (κ1) is 16.3. The topological polar surface area (TPSA) is 17.1 Å². The van der Waals surface area contributed by atoms with Crippen LogP contribution in [0.25, 0.3) is 0 Å². The van der Waals surface area contributed by atoms with Crippen LogP contribution in [-0.2, 0) is 4.79 Å². The molecular formula is C13H25KO. The van der Waals surface area contributed by atoms with Gasteiger partial charge in [-0.05, 0) is 37.0 Å². The third kappa shape index (κ3) is 4.99. The Bertz CT molecular complexity index is 216. The van der Waals surface area contributed by atoms with Gasteiger partial charge in [-0.1, -0.05) is 33.6 Å². The van der Waals surface area contributed by atoms with E-state index < -0.39 is 0 Å². The molecule has 0 bridgehead atoms. The van der Waals surface area contributed by atoms with E-state index in [4.69, 9.17) is 0 Å². The largest absolute Gasteiger partial charge is 1.00 e. The van der Waals surface area contributed by atoms with Gasteiger partial charge in [-0.15, -0.1) is 0 Å². The molecule has 2 heteroatoms. The first-order valence-electron chi connectivity index (χ1n) is 5.93. The van der Waals surface area contributed by atoms with Crippen LogP contribution in [-0.4, -0.2) is 5.78 Å². The molecule has 1 nitrogen and oxygen atoms in total. The van der Waals surface area contributed by atoms with Crippen LogP contribution in [0.4, 0.5) is 0 Å². The molecule has 0 aliphatic heterocycles. The van der Waals surface area contributed by atoms with Gasteiger partial charge in [-0.2, -0.15) is 0 Å². The molecule has 0 heterocycles. The molecule has 2 unspecified atom stereocenters. The van der Waals surface area contributed by atoms with E-state index in [2.05, 4.69) is 20.8 Å². The summed E-state index contributed by atoms with van der Waals surface area (Å²) in [5, 5.41) is 0. The summed E-state index contributed by atoms with van der Waals surface area (Å²) in [6.07, 6.45) is 5.93. The standard InChI is InChI=1S/C13H24O.K.H/c1-10-6-5-9-13(3,4)12(10)8-7-11(2)14;;/h10,12H,5-9H2,1-4H3;;/q;+1;-1. The summed E-state index contributed by atoms with van der Waals surface area (Å²) in [4.78, 5) is 11.0. The molecule has 15 heavy (non-hydrogen) atoms. The third-order valence-electron chi connectivity index (χ3n) is 3.98. The molecule has 0 aromatic heterocycles. The normalized spacial score (nSPS) is 29.3. The molecule has 0 radical (unpaired) electrons. The van der Waals surface area contributed by atoms with Gasteiger partial charge in [-0.3, -0.25) is 0 Å². The average molecular weight is 236 g/mol. The van der Waals surface area contributed by atoms with Gasteiger partial charge in [0.05, 0.1) is 0 Å². The van der Waals surface area contributed by atoms with Gasteiger partial charge in [0, 0.05) is 6.42 Å². The molecule has 0 saturated heterocycles. The summed E-state index contributed by atoms with van der Waals surface area (Å²) in [6, 6.07) is 0. The van der Waals surface area contributed by atoms with E-state index in [1.54, 1.807) is 6.92 Å². The van der Waals surface area contributed by atoms with Gasteiger partial charge >= 0.3 is 51.4 Å². The van der Waals surface area contributed by atoms with Gasteiger partial charge in [-0.25, -0.2) is 0 Å². The molecule has 2 atom stereocenters. The molecule has 1 aliphatic rings. The maximum atomic E-state index is 11.0. The van der Waals surface area contributed by atoms with Crippen molar-refractivity contribution in [3.05, 3.63) is 0 Å². The summed E-state index contributed by atoms with van der Waals surface area (Å²) in [6.45, 7) is 8.80. The van der Waals surface area contributed by atoms with Crippen molar-refractivity contribution in [1.82, 2.24) is 0 Å². The molecule has 1 fully saturated rings. The van der Waals surface area contributed by atoms with Crippen LogP contribution in [0, 0.1) is 17.3 Å². The average Bonchev–Trinajstić information content (AvgIpc) is 2.01. The Labute approximate surface area is 139 Å². The Balaban J connectivity index is 0. The number of hydrogen-bond acceptors (Lipinski definition) is 1. The number of rotatable bonds is 3. The zero-order chi connectivity index (χ0) is 10.8. The smallest absolute Gasteiger partial charge is 1.00 e. The molecule has 0 aromatic rings. The molecule has 1 saturated carbocycles. The van der Waals surface area contributed by atoms with Crippen LogP contribution in [0.3, 0.4) is 0 Å². The Morgan fingerprint density at radius 1 is 1.47 bits per heavy atom. The zero-order valence-corrected chi connectivity index (χ0v) is 14.2. The molecule has 0 N–H and O–H groups in total. The quantitative estimate of drug-likeness (QED) is 0.667. The van der Waals surface area contributed by atoms with Crippen LogP contribution < -0.4 is 51.4 Å². The predicted molar refractivity (Wildman–Crippen MR) is 61.3 cm³/mol. The minimum Gasteiger partial charge on any atom is -1.00 e. The second kappa shape index (κ2) is 6.90. The number of hydrogen-bond donors (Lipinski definition) is 0. The van der Waals surface area contributed by atoms with Crippen molar-refractivity contribution >= 4 is 5.78 Å². The monoisotopic (exact) mass is 236 g/mol. The minimum atomic E-state index is 0. The second-order valence-electron chi connectivity index (χ2n) is 5.71. The molecule has 0 amide bonds. The van der Waals surface area contributed by atoms with Crippen molar-refractivity contribution in [2.45, 2.75) is 59.8 Å². The van der Waals surface area contributed by atoms with Crippen LogP contribution in [0.2, 0.25) is 0 Å². The van der Waals surface area contributed by atoms with Gasteiger partial charge in [0.25, 0.3) is 0 Å². The van der Waals surface area contributed by atoms with Gasteiger partial charge in [0.15, 0.2) is 0 Å². The summed E-state index contributed by atoms with van der Waals surface area (Å²) >= 11 is 0. The number of carbonyl (C=O) groups is 1. The predicted octanol–water partition coefficient (Wildman–Crippen LogP) is 0.934. The van der Waals surface area contributed by atoms with Crippen LogP contribution in [0.1, 0.15) is 61.2 Å². The van der Waals surface area contributed by atoms with Crippen molar-refractivity contribution in [2.75, 3.05) is 0 Å². The zero-order valence-electron chi connectivity index (χ0n) is 12.1. The fourth-order valence-corrected chi connectivity index (χ4v) is 3.07. The Kier molecular flexibility index (Phi) is 7.50. The molecule has 0 spiro atoms. The molecule has 0 aromatic carbocycles. The number of ketones is 1. The van der Waals surface area contributed by atoms with E-state index in [0.717, 1.165) is 24.7 Å². The molecule has 84 valence electrons. The Hall–Kier alpha value is 1.31. The van der Waals surface area contributed by atoms with E-state index in [1.165, 1.54) is 19.3 Å². The summed E-state index contributed by atoms with van der Waals surface area (Å²) in [7, 11) is 0. The van der Waals surface area contributed by atoms with Gasteiger partial charge in [0.2, 0.25) is 0 Å². The fraction of sp³-hybridized carbons (Fsp3) is 0.923. The summed E-state index contributed by atoms with van der Waals surface area (Å²) in [5.41, 5.74) is 0.452. The Morgan fingerprint density at radius 3 is 2.53 bits per heavy atom. The van der Waals surface area contributed by atoms with Crippen LogP contribution in [0.5, 0.6) is 0 Å². The van der Waals surface area contributed by atoms with E-state index in [1.807, 2.05) is 0 Å². The second-order valence-corrected chi connectivity index (χ2v) is 5.71. The fourth-order valence-electron chi connectivity index (χ4n) is 3.07. The van der Waals surface area contributed by atoms with Gasteiger partial charge in [0.1, 0.15) is 5.78 Å². The van der Waals surface area contributed by atoms with Gasteiger partial charge < -0.3 is 6.22 Å². The van der Waals surface area contributed by atoms with Crippen LogP contribution >= 0.6 is 0 Å². The maximum Gasteiger partial charge on any atom is 1.00 e. The maximum absolute atomic E-state index is 11.0. The van der Waals surface area contributed by atoms with Crippen molar-refractivity contribution in [2.24, 2.45) is 17.3 Å². The Morgan fingerprint density at radius 2 is 2.07 bits per heavy atom. The van der Waals surface area contributed by atoms with Crippen molar-refractivity contribution in [1.29, 1.82) is 0 Å². The van der Waals surface area contributed by atoms with E-state index in [0.29, 0.717) is 11.2 Å². The summed E-state index contributed by atoms with van der Waals surface area (Å²) in [5.74, 6) is 1.90. The molecule has 1 aliphatic carbocycles. The summed E-state index contributed by atoms with van der Waals surface area (Å²) < 4.78 is 0. The van der Waals surface area contributed by atoms with Crippen molar-refractivity contribution in [3.63, 3.8) is 0 Å². The molecular weight excluding hydrogens is 211 g/mol. The minimum absolute atomic E-state index is 0. The van der Waals surface area contributed by atoms with E-state index in [-0.39, 0.29) is 52.8 Å². The first-order chi connectivity index (χ1) is 6.43. The van der Waals surface area contributed by atoms with E-state index in [9.17, 15) is 4.79 Å². The number of Topliss-reactive ketones (excluding diaryl/α,β-unsaturated/α-hetero) is 1. The molecule has 1 rings (SSSR count). The number of carbonyl (C=O) groups excluding carboxylic acids is 1. The van der Waals surface area contributed by atoms with Crippen molar-refractivity contribution < 1.29 is 57.6 Å². The van der Waals surface area contributed by atoms with E-state index >= 15 is 0 Å². The van der Waals surface area contributed by atoms with Crippen LogP contribution in [0.15, 0.2) is 0 Å². The third-order valence-corrected chi connectivity index (χ3v) is 3.98. The first-order valence-corrected chi connectivity index (χ1v) is 5.93.